The highest BCUT2D eigenvalue weighted by Gasteiger charge is 2.32. The first-order valence-corrected chi connectivity index (χ1v) is 11.4. The summed E-state index contributed by atoms with van der Waals surface area (Å²) in [4.78, 5) is 29.7. The number of methoxy groups -OCH3 is 1. The summed E-state index contributed by atoms with van der Waals surface area (Å²) in [6, 6.07) is 4.49. The maximum Gasteiger partial charge on any atom is 0.320 e. The lowest BCUT2D eigenvalue weighted by atomic mass is 10.1. The number of carbonyl (C=O) groups excluding carboxylic acids is 1. The van der Waals surface area contributed by atoms with Crippen molar-refractivity contribution in [3.8, 4) is 11.9 Å². The van der Waals surface area contributed by atoms with E-state index in [1.165, 1.54) is 0 Å². The molecule has 0 unspecified atom stereocenters. The van der Waals surface area contributed by atoms with Crippen LogP contribution in [0, 0.1) is 0 Å². The van der Waals surface area contributed by atoms with Crippen LogP contribution < -0.4 is 20.1 Å². The Balaban J connectivity index is 1.39. The third-order valence-corrected chi connectivity index (χ3v) is 6.03. The van der Waals surface area contributed by atoms with Crippen molar-refractivity contribution in [1.82, 2.24) is 19.9 Å². The van der Waals surface area contributed by atoms with Crippen LogP contribution >= 0.6 is 0 Å². The van der Waals surface area contributed by atoms with Crippen LogP contribution in [0.1, 0.15) is 37.8 Å². The largest absolute Gasteiger partial charge is 0.474 e. The number of nitrogens with two attached hydrogens (primary N) is 1. The highest BCUT2D eigenvalue weighted by Crippen LogP contribution is 2.33. The summed E-state index contributed by atoms with van der Waals surface area (Å²) in [6.07, 6.45) is 4.09. The molecule has 4 rings (SSSR count). The van der Waals surface area contributed by atoms with E-state index in [0.29, 0.717) is 43.1 Å². The van der Waals surface area contributed by atoms with Crippen molar-refractivity contribution in [3.63, 3.8) is 0 Å². The maximum absolute atomic E-state index is 12.7. The molecule has 2 aliphatic rings. The molecule has 10 heteroatoms. The van der Waals surface area contributed by atoms with E-state index in [1.807, 2.05) is 12.1 Å². The molecular weight excluding hydrogens is 424 g/mol. The minimum atomic E-state index is -0.0859. The zero-order valence-corrected chi connectivity index (χ0v) is 19.5. The van der Waals surface area contributed by atoms with Crippen LogP contribution in [-0.4, -0.2) is 71.3 Å². The molecule has 0 bridgehead atoms. The van der Waals surface area contributed by atoms with Crippen LogP contribution in [0.4, 0.5) is 11.6 Å². The number of rotatable bonds is 9. The number of fused-ring (bicyclic) bond motifs is 1. The van der Waals surface area contributed by atoms with Crippen molar-refractivity contribution < 1.29 is 19.0 Å². The fourth-order valence-electron chi connectivity index (χ4n) is 4.11. The quantitative estimate of drug-likeness (QED) is 0.564. The molecule has 0 aromatic carbocycles. The molecule has 0 atom stereocenters. The zero-order valence-electron chi connectivity index (χ0n) is 19.5. The first-order valence-electron chi connectivity index (χ1n) is 11.4. The molecule has 4 heterocycles. The Hall–Kier alpha value is -2.98. The molecule has 1 saturated heterocycles. The van der Waals surface area contributed by atoms with Gasteiger partial charge in [-0.25, -0.2) is 4.98 Å². The van der Waals surface area contributed by atoms with Gasteiger partial charge in [-0.3, -0.25) is 9.69 Å². The molecule has 33 heavy (non-hydrogen) atoms. The second kappa shape index (κ2) is 10.3. The molecule has 2 aliphatic heterocycles. The summed E-state index contributed by atoms with van der Waals surface area (Å²) in [6.45, 7) is 7.56. The monoisotopic (exact) mass is 456 g/mol. The lowest BCUT2D eigenvalue weighted by Crippen LogP contribution is -2.41. The van der Waals surface area contributed by atoms with Crippen LogP contribution in [0.15, 0.2) is 18.3 Å². The highest BCUT2D eigenvalue weighted by molar-refractivity contribution is 6.01. The van der Waals surface area contributed by atoms with Crippen molar-refractivity contribution >= 4 is 17.5 Å². The van der Waals surface area contributed by atoms with E-state index >= 15 is 0 Å². The molecule has 1 fully saturated rings. The first-order chi connectivity index (χ1) is 15.9. The number of nitrogen functional groups attached to an aromatic ring is 1. The average molecular weight is 457 g/mol. The first kappa shape index (κ1) is 23.2. The van der Waals surface area contributed by atoms with Crippen molar-refractivity contribution in [3.05, 3.63) is 29.5 Å². The highest BCUT2D eigenvalue weighted by atomic mass is 16.5. The maximum atomic E-state index is 12.7. The predicted molar refractivity (Wildman–Crippen MR) is 123 cm³/mol. The summed E-state index contributed by atoms with van der Waals surface area (Å²) in [5, 5.41) is 0. The lowest BCUT2D eigenvalue weighted by Gasteiger charge is -2.34. The number of nitrogens with zero attached hydrogens (tertiary/aromatic N) is 5. The van der Waals surface area contributed by atoms with E-state index in [-0.39, 0.29) is 30.3 Å². The Morgan fingerprint density at radius 1 is 1.18 bits per heavy atom. The van der Waals surface area contributed by atoms with Crippen molar-refractivity contribution in [2.45, 2.75) is 51.8 Å². The number of aromatic nitrogens is 3. The summed E-state index contributed by atoms with van der Waals surface area (Å²) >= 11 is 0. The second-order valence-corrected chi connectivity index (χ2v) is 8.64. The Kier molecular flexibility index (Phi) is 7.24. The van der Waals surface area contributed by atoms with Crippen LogP contribution in [0.25, 0.3) is 0 Å². The number of piperidine rings is 1. The summed E-state index contributed by atoms with van der Waals surface area (Å²) in [5.74, 6) is 1.26. The molecule has 0 aliphatic carbocycles. The Bertz CT molecular complexity index is 960. The van der Waals surface area contributed by atoms with Crippen molar-refractivity contribution in [1.29, 1.82) is 0 Å². The summed E-state index contributed by atoms with van der Waals surface area (Å²) < 4.78 is 16.6. The second-order valence-electron chi connectivity index (χ2n) is 8.64. The predicted octanol–water partition coefficient (Wildman–Crippen LogP) is 1.82. The molecule has 1 amide bonds. The summed E-state index contributed by atoms with van der Waals surface area (Å²) in [7, 11) is 1.58. The normalized spacial score (nSPS) is 17.0. The van der Waals surface area contributed by atoms with Crippen molar-refractivity contribution in [2.24, 2.45) is 0 Å². The van der Waals surface area contributed by atoms with Gasteiger partial charge in [-0.2, -0.15) is 9.97 Å². The Morgan fingerprint density at radius 3 is 2.64 bits per heavy atom. The number of pyridine rings is 1. The van der Waals surface area contributed by atoms with Crippen LogP contribution in [-0.2, 0) is 22.5 Å². The van der Waals surface area contributed by atoms with Gasteiger partial charge in [0.25, 0.3) is 0 Å². The molecule has 0 radical (unpaired) electrons. The standard InChI is InChI=1S/C23H32N6O4/c1-15(2)28-8-6-17(7-9-28)33-19-5-4-16(13-25-19)14-29-20(30)12-18-21(24)26-23(27-22(18)29)32-11-10-31-3/h4-5,13,15,17H,6-12,14H2,1-3H3,(H2,24,26,27). The smallest absolute Gasteiger partial charge is 0.320 e. The van der Waals surface area contributed by atoms with E-state index in [0.717, 1.165) is 31.5 Å². The Morgan fingerprint density at radius 2 is 1.97 bits per heavy atom. The van der Waals surface area contributed by atoms with Crippen LogP contribution in [0.5, 0.6) is 11.9 Å². The van der Waals surface area contributed by atoms with E-state index in [4.69, 9.17) is 19.9 Å². The zero-order chi connectivity index (χ0) is 23.4. The number of carbonyl (C=O) groups is 1. The van der Waals surface area contributed by atoms with E-state index in [2.05, 4.69) is 33.7 Å². The average Bonchev–Trinajstić information content (AvgIpc) is 3.11. The van der Waals surface area contributed by atoms with E-state index in [1.54, 1.807) is 18.2 Å². The molecule has 2 aromatic rings. The fourth-order valence-corrected chi connectivity index (χ4v) is 4.11. The fraction of sp³-hybridized carbons (Fsp3) is 0.565. The molecule has 10 nitrogen and oxygen atoms in total. The van der Waals surface area contributed by atoms with Gasteiger partial charge in [-0.05, 0) is 32.3 Å². The van der Waals surface area contributed by atoms with Gasteiger partial charge in [-0.1, -0.05) is 6.07 Å². The minimum absolute atomic E-state index is 0.0859. The van der Waals surface area contributed by atoms with Gasteiger partial charge < -0.3 is 24.8 Å². The third-order valence-electron chi connectivity index (χ3n) is 6.03. The van der Waals surface area contributed by atoms with Gasteiger partial charge in [0.15, 0.2) is 0 Å². The van der Waals surface area contributed by atoms with Gasteiger partial charge in [0.1, 0.15) is 24.3 Å². The van der Waals surface area contributed by atoms with Gasteiger partial charge in [-0.15, -0.1) is 0 Å². The van der Waals surface area contributed by atoms with Crippen LogP contribution in [0.2, 0.25) is 0 Å². The third kappa shape index (κ3) is 5.51. The van der Waals surface area contributed by atoms with Gasteiger partial charge in [0.2, 0.25) is 11.8 Å². The number of likely N-dealkylation sites (tertiary alicyclic amines) is 1. The number of hydrogen-bond donors (Lipinski definition) is 1. The number of hydrogen-bond acceptors (Lipinski definition) is 9. The topological polar surface area (TPSA) is 116 Å². The molecule has 2 N–H and O–H groups in total. The molecular formula is C23H32N6O4. The Labute approximate surface area is 194 Å². The summed E-state index contributed by atoms with van der Waals surface area (Å²) in [5.41, 5.74) is 7.55. The molecule has 2 aromatic heterocycles. The van der Waals surface area contributed by atoms with E-state index < -0.39 is 0 Å². The SMILES string of the molecule is COCCOc1nc(N)c2c(n1)N(Cc1ccc(OC3CCN(C(C)C)CC3)nc1)C(=O)C2. The number of amides is 1. The molecule has 0 saturated carbocycles. The lowest BCUT2D eigenvalue weighted by molar-refractivity contribution is -0.117. The number of ether oxygens (including phenoxy) is 3. The molecule has 178 valence electrons. The van der Waals surface area contributed by atoms with Crippen molar-refractivity contribution in [2.75, 3.05) is 44.0 Å². The molecule has 0 spiro atoms. The van der Waals surface area contributed by atoms with Gasteiger partial charge in [0.05, 0.1) is 19.6 Å². The van der Waals surface area contributed by atoms with E-state index in [9.17, 15) is 4.79 Å². The number of anilines is 2. The van der Waals surface area contributed by atoms with Crippen LogP contribution in [0.3, 0.4) is 0 Å². The van der Waals surface area contributed by atoms with Gasteiger partial charge >= 0.3 is 6.01 Å². The van der Waals surface area contributed by atoms with Gasteiger partial charge in [0, 0.05) is 44.1 Å². The minimum Gasteiger partial charge on any atom is -0.474 e.